The predicted molar refractivity (Wildman–Crippen MR) is 58.9 cm³/mol. The Labute approximate surface area is 102 Å². The zero-order valence-electron chi connectivity index (χ0n) is 8.62. The summed E-state index contributed by atoms with van der Waals surface area (Å²) in [5.41, 5.74) is 5.33. The van der Waals surface area contributed by atoms with Crippen molar-refractivity contribution in [3.05, 3.63) is 23.9 Å². The summed E-state index contributed by atoms with van der Waals surface area (Å²) in [5, 5.41) is 2.11. The van der Waals surface area contributed by atoms with Crippen LogP contribution in [-0.4, -0.2) is 23.6 Å². The zero-order valence-corrected chi connectivity index (χ0v) is 9.44. The van der Waals surface area contributed by atoms with E-state index in [2.05, 4.69) is 10.3 Å². The van der Waals surface area contributed by atoms with Gasteiger partial charge in [-0.15, -0.1) is 12.4 Å². The Hall–Kier alpha value is -1.50. The van der Waals surface area contributed by atoms with Gasteiger partial charge in [-0.2, -0.15) is 13.2 Å². The number of hydrogen-bond acceptors (Lipinski definition) is 3. The topological polar surface area (TPSA) is 68.0 Å². The molecule has 1 aromatic rings. The van der Waals surface area contributed by atoms with Crippen molar-refractivity contribution in [2.24, 2.45) is 0 Å². The minimum atomic E-state index is -4.28. The first-order valence-electron chi connectivity index (χ1n) is 4.46. The predicted octanol–water partition coefficient (Wildman–Crippen LogP) is 1.77. The maximum Gasteiger partial charge on any atom is 0.390 e. The average molecular weight is 270 g/mol. The lowest BCUT2D eigenvalue weighted by atomic mass is 10.3. The first-order valence-corrected chi connectivity index (χ1v) is 4.46. The fraction of sp³-hybridized carbons (Fsp3) is 0.333. The van der Waals surface area contributed by atoms with Gasteiger partial charge in [0, 0.05) is 6.54 Å². The summed E-state index contributed by atoms with van der Waals surface area (Å²) >= 11 is 0. The van der Waals surface area contributed by atoms with Crippen molar-refractivity contribution in [2.75, 3.05) is 12.3 Å². The third kappa shape index (κ3) is 5.96. The summed E-state index contributed by atoms with van der Waals surface area (Å²) in [7, 11) is 0. The van der Waals surface area contributed by atoms with Crippen molar-refractivity contribution in [2.45, 2.75) is 12.6 Å². The number of nitrogens with one attached hydrogen (secondary N) is 1. The lowest BCUT2D eigenvalue weighted by Crippen LogP contribution is -2.28. The smallest absolute Gasteiger partial charge is 0.384 e. The van der Waals surface area contributed by atoms with E-state index in [0.29, 0.717) is 0 Å². The second-order valence-electron chi connectivity index (χ2n) is 3.07. The Balaban J connectivity index is 0.00000256. The van der Waals surface area contributed by atoms with Gasteiger partial charge in [0.1, 0.15) is 11.5 Å². The molecule has 17 heavy (non-hydrogen) atoms. The molecule has 1 rings (SSSR count). The molecule has 0 atom stereocenters. The van der Waals surface area contributed by atoms with Gasteiger partial charge in [0.15, 0.2) is 0 Å². The number of carbonyl (C=O) groups is 1. The van der Waals surface area contributed by atoms with E-state index in [9.17, 15) is 18.0 Å². The lowest BCUT2D eigenvalue weighted by molar-refractivity contribution is -0.132. The Morgan fingerprint density at radius 3 is 2.59 bits per heavy atom. The van der Waals surface area contributed by atoms with Crippen molar-refractivity contribution in [3.8, 4) is 0 Å². The molecule has 0 aliphatic carbocycles. The number of nitrogens with zero attached hydrogens (tertiary/aromatic N) is 1. The number of rotatable bonds is 3. The minimum Gasteiger partial charge on any atom is -0.384 e. The van der Waals surface area contributed by atoms with Gasteiger partial charge in [-0.3, -0.25) is 4.79 Å². The Morgan fingerprint density at radius 2 is 2.06 bits per heavy atom. The largest absolute Gasteiger partial charge is 0.390 e. The van der Waals surface area contributed by atoms with Crippen molar-refractivity contribution in [1.82, 2.24) is 10.3 Å². The standard InChI is InChI=1S/C9H10F3N3O.ClH/c10-9(11,12)4-5-14-8(16)6-2-1-3-7(13)15-6;/h1-3H,4-5H2,(H2,13,15)(H,14,16);1H. The molecule has 1 heterocycles. The number of alkyl halides is 3. The fourth-order valence-corrected chi connectivity index (χ4v) is 0.986. The van der Waals surface area contributed by atoms with Gasteiger partial charge in [0.2, 0.25) is 0 Å². The Bertz CT molecular complexity index is 384. The molecule has 0 spiro atoms. The summed E-state index contributed by atoms with van der Waals surface area (Å²) in [5.74, 6) is -0.528. The second kappa shape index (κ2) is 6.29. The van der Waals surface area contributed by atoms with Crippen molar-refractivity contribution >= 4 is 24.1 Å². The molecule has 0 saturated heterocycles. The Kier molecular flexibility index (Phi) is 5.73. The highest BCUT2D eigenvalue weighted by Crippen LogP contribution is 2.18. The molecule has 0 unspecified atom stereocenters. The van der Waals surface area contributed by atoms with E-state index in [1.54, 1.807) is 0 Å². The van der Waals surface area contributed by atoms with E-state index in [-0.39, 0.29) is 23.9 Å². The van der Waals surface area contributed by atoms with Gasteiger partial charge in [0.25, 0.3) is 5.91 Å². The summed E-state index contributed by atoms with van der Waals surface area (Å²) in [6, 6.07) is 4.35. The highest BCUT2D eigenvalue weighted by atomic mass is 35.5. The van der Waals surface area contributed by atoms with Crippen LogP contribution in [0.25, 0.3) is 0 Å². The normalized spacial score (nSPS) is 10.5. The first-order chi connectivity index (χ1) is 7.38. The molecule has 1 aromatic heterocycles. The molecule has 0 saturated carbocycles. The van der Waals surface area contributed by atoms with Gasteiger partial charge >= 0.3 is 6.18 Å². The van der Waals surface area contributed by atoms with Crippen LogP contribution in [0.3, 0.4) is 0 Å². The number of hydrogen-bond donors (Lipinski definition) is 2. The van der Waals surface area contributed by atoms with E-state index < -0.39 is 25.0 Å². The van der Waals surface area contributed by atoms with Crippen LogP contribution in [0.15, 0.2) is 18.2 Å². The molecular formula is C9H11ClF3N3O. The maximum atomic E-state index is 11.8. The molecule has 0 aliphatic rings. The molecule has 0 aliphatic heterocycles. The Morgan fingerprint density at radius 1 is 1.41 bits per heavy atom. The van der Waals surface area contributed by atoms with E-state index in [0.717, 1.165) is 0 Å². The molecule has 3 N–H and O–H groups in total. The molecule has 0 aromatic carbocycles. The van der Waals surface area contributed by atoms with Gasteiger partial charge in [-0.25, -0.2) is 4.98 Å². The van der Waals surface area contributed by atoms with Crippen LogP contribution in [0.1, 0.15) is 16.9 Å². The number of halogens is 4. The number of anilines is 1. The number of carbonyl (C=O) groups excluding carboxylic acids is 1. The number of pyridine rings is 1. The summed E-state index contributed by atoms with van der Waals surface area (Å²) in [6.45, 7) is -0.473. The summed E-state index contributed by atoms with van der Waals surface area (Å²) < 4.78 is 35.4. The van der Waals surface area contributed by atoms with E-state index in [1.165, 1.54) is 18.2 Å². The van der Waals surface area contributed by atoms with Crippen LogP contribution >= 0.6 is 12.4 Å². The quantitative estimate of drug-likeness (QED) is 0.879. The fourth-order valence-electron chi connectivity index (χ4n) is 0.986. The number of nitrogen functional groups attached to an aromatic ring is 1. The lowest BCUT2D eigenvalue weighted by Gasteiger charge is -2.07. The first kappa shape index (κ1) is 15.5. The van der Waals surface area contributed by atoms with Crippen LogP contribution in [-0.2, 0) is 0 Å². The average Bonchev–Trinajstić information content (AvgIpc) is 2.15. The van der Waals surface area contributed by atoms with Crippen molar-refractivity contribution in [3.63, 3.8) is 0 Å². The molecule has 0 bridgehead atoms. The van der Waals surface area contributed by atoms with Crippen LogP contribution in [0.2, 0.25) is 0 Å². The second-order valence-corrected chi connectivity index (χ2v) is 3.07. The van der Waals surface area contributed by atoms with Crippen LogP contribution in [0, 0.1) is 0 Å². The van der Waals surface area contributed by atoms with Gasteiger partial charge < -0.3 is 11.1 Å². The highest BCUT2D eigenvalue weighted by molar-refractivity contribution is 5.92. The molecular weight excluding hydrogens is 259 g/mol. The molecule has 0 fully saturated rings. The number of amides is 1. The number of nitrogens with two attached hydrogens (primary N) is 1. The third-order valence-electron chi connectivity index (χ3n) is 1.70. The third-order valence-corrected chi connectivity index (χ3v) is 1.70. The SMILES string of the molecule is Cl.Nc1cccc(C(=O)NCCC(F)(F)F)n1. The van der Waals surface area contributed by atoms with E-state index in [1.807, 2.05) is 0 Å². The van der Waals surface area contributed by atoms with Crippen molar-refractivity contribution in [1.29, 1.82) is 0 Å². The maximum absolute atomic E-state index is 11.8. The monoisotopic (exact) mass is 269 g/mol. The van der Waals surface area contributed by atoms with Gasteiger partial charge in [-0.05, 0) is 12.1 Å². The van der Waals surface area contributed by atoms with E-state index in [4.69, 9.17) is 5.73 Å². The molecule has 1 amide bonds. The van der Waals surface area contributed by atoms with Crippen molar-refractivity contribution < 1.29 is 18.0 Å². The molecule has 8 heteroatoms. The van der Waals surface area contributed by atoms with Gasteiger partial charge in [-0.1, -0.05) is 6.07 Å². The van der Waals surface area contributed by atoms with Crippen LogP contribution < -0.4 is 11.1 Å². The van der Waals surface area contributed by atoms with E-state index >= 15 is 0 Å². The molecule has 0 radical (unpaired) electrons. The highest BCUT2D eigenvalue weighted by Gasteiger charge is 2.26. The number of aromatic nitrogens is 1. The van der Waals surface area contributed by atoms with Crippen LogP contribution in [0.5, 0.6) is 0 Å². The minimum absolute atomic E-state index is 0. The van der Waals surface area contributed by atoms with Gasteiger partial charge in [0.05, 0.1) is 6.42 Å². The summed E-state index contributed by atoms with van der Waals surface area (Å²) in [6.07, 6.45) is -5.35. The summed E-state index contributed by atoms with van der Waals surface area (Å²) in [4.78, 5) is 15.0. The van der Waals surface area contributed by atoms with Crippen LogP contribution in [0.4, 0.5) is 19.0 Å². The zero-order chi connectivity index (χ0) is 12.2. The molecule has 96 valence electrons. The molecule has 4 nitrogen and oxygen atoms in total.